The Bertz CT molecular complexity index is 953. The molecular formula is C23H21N3O3. The molecule has 1 aromatic heterocycles. The number of urea groups is 1. The Morgan fingerprint density at radius 3 is 2.62 bits per heavy atom. The molecule has 0 radical (unpaired) electrons. The Morgan fingerprint density at radius 2 is 1.86 bits per heavy atom. The number of pyridine rings is 1. The maximum atomic E-state index is 12.9. The molecule has 1 fully saturated rings. The third kappa shape index (κ3) is 4.27. The maximum absolute atomic E-state index is 12.9. The number of amides is 2. The lowest BCUT2D eigenvalue weighted by molar-refractivity contribution is 0.0370. The first-order chi connectivity index (χ1) is 14.2. The quantitative estimate of drug-likeness (QED) is 0.673. The van der Waals surface area contributed by atoms with Crippen LogP contribution in [0.4, 0.5) is 10.5 Å². The highest BCUT2D eigenvalue weighted by Gasteiger charge is 2.23. The maximum Gasteiger partial charge on any atom is 0.339 e. The number of nitrogens with zero attached hydrogens (tertiary/aromatic N) is 2. The van der Waals surface area contributed by atoms with Crippen molar-refractivity contribution in [2.75, 3.05) is 18.0 Å². The van der Waals surface area contributed by atoms with Crippen LogP contribution < -0.4 is 10.2 Å². The van der Waals surface area contributed by atoms with Crippen molar-refractivity contribution in [1.82, 2.24) is 10.3 Å². The van der Waals surface area contributed by atoms with Crippen LogP contribution in [-0.4, -0.2) is 30.1 Å². The molecule has 1 aliphatic heterocycles. The van der Waals surface area contributed by atoms with Crippen LogP contribution in [0, 0.1) is 0 Å². The summed E-state index contributed by atoms with van der Waals surface area (Å²) in [7, 11) is 0. The number of anilines is 1. The molecule has 29 heavy (non-hydrogen) atoms. The molecule has 0 aliphatic carbocycles. The first kappa shape index (κ1) is 18.7. The first-order valence-corrected chi connectivity index (χ1v) is 9.54. The van der Waals surface area contributed by atoms with Crippen LogP contribution in [0.5, 0.6) is 0 Å². The summed E-state index contributed by atoms with van der Waals surface area (Å²) in [4.78, 5) is 31.1. The molecular weight excluding hydrogens is 366 g/mol. The molecule has 1 unspecified atom stereocenters. The number of hydrogen-bond donors (Lipinski definition) is 1. The van der Waals surface area contributed by atoms with E-state index < -0.39 is 12.1 Å². The van der Waals surface area contributed by atoms with Crippen LogP contribution in [0.2, 0.25) is 0 Å². The lowest BCUT2D eigenvalue weighted by Gasteiger charge is -2.27. The first-order valence-electron chi connectivity index (χ1n) is 9.54. The SMILES string of the molecule is O=C(OC(c1ccccc1)c1ccccn1)c1cccc(N2CCCNC2=O)c1. The highest BCUT2D eigenvalue weighted by Crippen LogP contribution is 2.26. The normalized spacial score (nSPS) is 14.8. The Morgan fingerprint density at radius 1 is 1.03 bits per heavy atom. The molecule has 6 heteroatoms. The van der Waals surface area contributed by atoms with Crippen molar-refractivity contribution in [2.24, 2.45) is 0 Å². The van der Waals surface area contributed by atoms with Crippen molar-refractivity contribution < 1.29 is 14.3 Å². The predicted octanol–water partition coefficient (Wildman–Crippen LogP) is 3.95. The molecule has 2 heterocycles. The lowest BCUT2D eigenvalue weighted by atomic mass is 10.1. The fourth-order valence-corrected chi connectivity index (χ4v) is 3.31. The summed E-state index contributed by atoms with van der Waals surface area (Å²) in [5.41, 5.74) is 2.55. The second kappa shape index (κ2) is 8.56. The summed E-state index contributed by atoms with van der Waals surface area (Å²) >= 11 is 0. The molecule has 1 saturated heterocycles. The van der Waals surface area contributed by atoms with Gasteiger partial charge in [-0.05, 0) is 42.3 Å². The van der Waals surface area contributed by atoms with E-state index in [1.54, 1.807) is 29.3 Å². The van der Waals surface area contributed by atoms with Crippen molar-refractivity contribution in [3.63, 3.8) is 0 Å². The van der Waals surface area contributed by atoms with Crippen LogP contribution in [0.1, 0.15) is 34.1 Å². The van der Waals surface area contributed by atoms with Gasteiger partial charge in [0.05, 0.1) is 11.3 Å². The minimum absolute atomic E-state index is 0.155. The van der Waals surface area contributed by atoms with E-state index in [9.17, 15) is 9.59 Å². The molecule has 1 atom stereocenters. The zero-order valence-electron chi connectivity index (χ0n) is 15.8. The van der Waals surface area contributed by atoms with Gasteiger partial charge in [0.2, 0.25) is 0 Å². The number of carbonyl (C=O) groups excluding carboxylic acids is 2. The number of hydrogen-bond acceptors (Lipinski definition) is 4. The zero-order valence-corrected chi connectivity index (χ0v) is 15.8. The third-order valence-electron chi connectivity index (χ3n) is 4.76. The number of benzene rings is 2. The van der Waals surface area contributed by atoms with Crippen LogP contribution in [0.15, 0.2) is 79.0 Å². The number of aromatic nitrogens is 1. The van der Waals surface area contributed by atoms with Crippen molar-refractivity contribution in [2.45, 2.75) is 12.5 Å². The summed E-state index contributed by atoms with van der Waals surface area (Å²) in [6.07, 6.45) is 1.91. The molecule has 1 N–H and O–H groups in total. The molecule has 1 aliphatic rings. The highest BCUT2D eigenvalue weighted by molar-refractivity contribution is 5.95. The Labute approximate surface area is 169 Å². The van der Waals surface area contributed by atoms with Gasteiger partial charge in [0.25, 0.3) is 0 Å². The Kier molecular flexibility index (Phi) is 5.52. The summed E-state index contributed by atoms with van der Waals surface area (Å²) in [5.74, 6) is -0.469. The van der Waals surface area contributed by atoms with Crippen molar-refractivity contribution in [1.29, 1.82) is 0 Å². The fraction of sp³-hybridized carbons (Fsp3) is 0.174. The molecule has 4 rings (SSSR count). The summed E-state index contributed by atoms with van der Waals surface area (Å²) in [6, 6.07) is 21.8. The average molecular weight is 387 g/mol. The van der Waals surface area contributed by atoms with Gasteiger partial charge in [0.1, 0.15) is 0 Å². The standard InChI is InChI=1S/C23H21N3O3/c27-22(18-10-6-11-19(16-18)26-15-7-14-25-23(26)28)29-21(17-8-2-1-3-9-17)20-12-4-5-13-24-20/h1-6,8-13,16,21H,7,14-15H2,(H,25,28). The van der Waals surface area contributed by atoms with E-state index in [1.807, 2.05) is 54.6 Å². The van der Waals surface area contributed by atoms with Gasteiger partial charge >= 0.3 is 12.0 Å². The molecule has 6 nitrogen and oxygen atoms in total. The number of esters is 1. The molecule has 0 bridgehead atoms. The van der Waals surface area contributed by atoms with E-state index in [1.165, 1.54) is 0 Å². The second-order valence-corrected chi connectivity index (χ2v) is 6.74. The van der Waals surface area contributed by atoms with E-state index in [0.717, 1.165) is 12.0 Å². The van der Waals surface area contributed by atoms with Gasteiger partial charge in [-0.3, -0.25) is 9.88 Å². The monoisotopic (exact) mass is 387 g/mol. The highest BCUT2D eigenvalue weighted by atomic mass is 16.5. The van der Waals surface area contributed by atoms with Crippen molar-refractivity contribution >= 4 is 17.7 Å². The van der Waals surface area contributed by atoms with Crippen LogP contribution >= 0.6 is 0 Å². The third-order valence-corrected chi connectivity index (χ3v) is 4.76. The van der Waals surface area contributed by atoms with E-state index in [0.29, 0.717) is 30.0 Å². The fourth-order valence-electron chi connectivity index (χ4n) is 3.31. The largest absolute Gasteiger partial charge is 0.447 e. The van der Waals surface area contributed by atoms with Crippen molar-refractivity contribution in [3.8, 4) is 0 Å². The van der Waals surface area contributed by atoms with Crippen molar-refractivity contribution in [3.05, 3.63) is 95.8 Å². The second-order valence-electron chi connectivity index (χ2n) is 6.74. The molecule has 146 valence electrons. The van der Waals surface area contributed by atoms with Gasteiger partial charge in [0, 0.05) is 25.0 Å². The summed E-state index contributed by atoms with van der Waals surface area (Å²) in [5, 5.41) is 2.82. The van der Waals surface area contributed by atoms with Gasteiger partial charge in [-0.25, -0.2) is 9.59 Å². The van der Waals surface area contributed by atoms with E-state index >= 15 is 0 Å². The topological polar surface area (TPSA) is 71.5 Å². The Hall–Kier alpha value is -3.67. The van der Waals surface area contributed by atoms with E-state index in [2.05, 4.69) is 10.3 Å². The summed E-state index contributed by atoms with van der Waals surface area (Å²) < 4.78 is 5.86. The van der Waals surface area contributed by atoms with Crippen LogP contribution in [0.3, 0.4) is 0 Å². The van der Waals surface area contributed by atoms with E-state index in [4.69, 9.17) is 4.74 Å². The Balaban J connectivity index is 1.60. The molecule has 2 aromatic carbocycles. The minimum atomic E-state index is -0.619. The lowest BCUT2D eigenvalue weighted by Crippen LogP contribution is -2.46. The van der Waals surface area contributed by atoms with E-state index in [-0.39, 0.29) is 6.03 Å². The number of ether oxygens (including phenoxy) is 1. The van der Waals surface area contributed by atoms with Gasteiger partial charge in [-0.1, -0.05) is 42.5 Å². The van der Waals surface area contributed by atoms with Gasteiger partial charge < -0.3 is 10.1 Å². The molecule has 0 spiro atoms. The number of rotatable bonds is 5. The molecule has 0 saturated carbocycles. The van der Waals surface area contributed by atoms with Gasteiger partial charge in [0.15, 0.2) is 6.10 Å². The number of carbonyl (C=O) groups is 2. The smallest absolute Gasteiger partial charge is 0.339 e. The summed E-state index contributed by atoms with van der Waals surface area (Å²) in [6.45, 7) is 1.28. The van der Waals surface area contributed by atoms with Crippen LogP contribution in [-0.2, 0) is 4.74 Å². The predicted molar refractivity (Wildman–Crippen MR) is 110 cm³/mol. The number of nitrogens with one attached hydrogen (secondary N) is 1. The molecule has 3 aromatic rings. The minimum Gasteiger partial charge on any atom is -0.447 e. The van der Waals surface area contributed by atoms with Crippen LogP contribution in [0.25, 0.3) is 0 Å². The zero-order chi connectivity index (χ0) is 20.1. The molecule has 2 amide bonds. The van der Waals surface area contributed by atoms with Gasteiger partial charge in [-0.2, -0.15) is 0 Å². The average Bonchev–Trinajstić information content (AvgIpc) is 2.79. The van der Waals surface area contributed by atoms with Gasteiger partial charge in [-0.15, -0.1) is 0 Å².